The second-order valence-corrected chi connectivity index (χ2v) is 6.81. The molecule has 1 saturated heterocycles. The number of carbonyl (C=O) groups excluding carboxylic acids is 1. The molecule has 2 aromatic heterocycles. The van der Waals surface area contributed by atoms with Crippen molar-refractivity contribution in [3.8, 4) is 10.8 Å². The van der Waals surface area contributed by atoms with Crippen LogP contribution >= 0.6 is 11.3 Å². The Labute approximate surface area is 140 Å². The first-order chi connectivity index (χ1) is 11.1. The fourth-order valence-corrected chi connectivity index (χ4v) is 3.88. The number of carbonyl (C=O) groups is 1. The quantitative estimate of drug-likeness (QED) is 0.856. The SMILES string of the molecule is CCOC1CCCN(C(=O)c2sc(-c3ccc(C)o3)nc2C)C1. The molecule has 0 radical (unpaired) electrons. The van der Waals surface area contributed by atoms with Crippen LogP contribution in [0.4, 0.5) is 0 Å². The molecule has 1 amide bonds. The molecule has 0 spiro atoms. The van der Waals surface area contributed by atoms with E-state index in [2.05, 4.69) is 4.98 Å². The molecule has 0 aliphatic carbocycles. The van der Waals surface area contributed by atoms with Gasteiger partial charge >= 0.3 is 0 Å². The van der Waals surface area contributed by atoms with Crippen LogP contribution in [-0.2, 0) is 4.74 Å². The van der Waals surface area contributed by atoms with E-state index < -0.39 is 0 Å². The first kappa shape index (κ1) is 16.2. The van der Waals surface area contributed by atoms with Crippen molar-refractivity contribution in [2.45, 2.75) is 39.7 Å². The molecule has 5 nitrogen and oxygen atoms in total. The number of hydrogen-bond donors (Lipinski definition) is 0. The normalized spacial score (nSPS) is 18.4. The first-order valence-corrected chi connectivity index (χ1v) is 8.85. The Bertz CT molecular complexity index is 690. The minimum Gasteiger partial charge on any atom is -0.459 e. The van der Waals surface area contributed by atoms with Gasteiger partial charge in [0.1, 0.15) is 10.6 Å². The number of hydrogen-bond acceptors (Lipinski definition) is 5. The van der Waals surface area contributed by atoms with E-state index in [9.17, 15) is 4.79 Å². The number of rotatable bonds is 4. The summed E-state index contributed by atoms with van der Waals surface area (Å²) < 4.78 is 11.3. The fourth-order valence-electron chi connectivity index (χ4n) is 2.89. The molecule has 1 aliphatic rings. The lowest BCUT2D eigenvalue weighted by Crippen LogP contribution is -2.43. The number of amides is 1. The van der Waals surface area contributed by atoms with Gasteiger partial charge in [-0.3, -0.25) is 4.79 Å². The third kappa shape index (κ3) is 3.48. The summed E-state index contributed by atoms with van der Waals surface area (Å²) in [5, 5.41) is 0.761. The zero-order valence-corrected chi connectivity index (χ0v) is 14.6. The van der Waals surface area contributed by atoms with Gasteiger partial charge in [-0.15, -0.1) is 11.3 Å². The zero-order chi connectivity index (χ0) is 16.4. The summed E-state index contributed by atoms with van der Waals surface area (Å²) in [6, 6.07) is 3.80. The summed E-state index contributed by atoms with van der Waals surface area (Å²) in [6.07, 6.45) is 2.16. The van der Waals surface area contributed by atoms with Gasteiger partial charge in [-0.2, -0.15) is 0 Å². The van der Waals surface area contributed by atoms with Gasteiger partial charge in [-0.25, -0.2) is 4.98 Å². The van der Waals surface area contributed by atoms with Gasteiger partial charge in [0.15, 0.2) is 10.8 Å². The van der Waals surface area contributed by atoms with E-state index in [0.29, 0.717) is 18.0 Å². The third-order valence-electron chi connectivity index (χ3n) is 4.01. The average Bonchev–Trinajstić information content (AvgIpc) is 3.13. The maximum absolute atomic E-state index is 12.8. The Morgan fingerprint density at radius 2 is 2.30 bits per heavy atom. The van der Waals surface area contributed by atoms with Crippen molar-refractivity contribution >= 4 is 17.2 Å². The molecule has 0 aromatic carbocycles. The minimum absolute atomic E-state index is 0.0546. The number of thiazole rings is 1. The number of ether oxygens (including phenoxy) is 1. The van der Waals surface area contributed by atoms with Gasteiger partial charge in [0.05, 0.1) is 11.8 Å². The molecular formula is C17H22N2O3S. The van der Waals surface area contributed by atoms with Crippen LogP contribution in [0.3, 0.4) is 0 Å². The first-order valence-electron chi connectivity index (χ1n) is 8.03. The van der Waals surface area contributed by atoms with E-state index in [-0.39, 0.29) is 12.0 Å². The van der Waals surface area contributed by atoms with Gasteiger partial charge in [-0.1, -0.05) is 0 Å². The van der Waals surface area contributed by atoms with Gasteiger partial charge in [0, 0.05) is 19.7 Å². The Balaban J connectivity index is 1.78. The molecule has 6 heteroatoms. The smallest absolute Gasteiger partial charge is 0.265 e. The average molecular weight is 334 g/mol. The van der Waals surface area contributed by atoms with Crippen LogP contribution in [-0.4, -0.2) is 41.6 Å². The maximum atomic E-state index is 12.8. The zero-order valence-electron chi connectivity index (χ0n) is 13.8. The third-order valence-corrected chi connectivity index (χ3v) is 5.17. The van der Waals surface area contributed by atoms with Crippen LogP contribution in [0.25, 0.3) is 10.8 Å². The summed E-state index contributed by atoms with van der Waals surface area (Å²) in [5.74, 6) is 1.62. The summed E-state index contributed by atoms with van der Waals surface area (Å²) in [6.45, 7) is 7.92. The highest BCUT2D eigenvalue weighted by atomic mass is 32.1. The molecule has 23 heavy (non-hydrogen) atoms. The molecule has 1 fully saturated rings. The van der Waals surface area contributed by atoms with Crippen LogP contribution in [0.2, 0.25) is 0 Å². The van der Waals surface area contributed by atoms with E-state index in [1.807, 2.05) is 37.8 Å². The highest BCUT2D eigenvalue weighted by Gasteiger charge is 2.27. The van der Waals surface area contributed by atoms with E-state index in [1.54, 1.807) is 0 Å². The van der Waals surface area contributed by atoms with E-state index in [0.717, 1.165) is 41.6 Å². The van der Waals surface area contributed by atoms with Crippen LogP contribution in [0.15, 0.2) is 16.5 Å². The number of likely N-dealkylation sites (tertiary alicyclic amines) is 1. The Morgan fingerprint density at radius 1 is 1.48 bits per heavy atom. The molecule has 0 bridgehead atoms. The molecule has 124 valence electrons. The molecular weight excluding hydrogens is 312 g/mol. The van der Waals surface area contributed by atoms with Crippen molar-refractivity contribution in [2.24, 2.45) is 0 Å². The van der Waals surface area contributed by atoms with Crippen molar-refractivity contribution in [1.29, 1.82) is 0 Å². The van der Waals surface area contributed by atoms with Gasteiger partial charge in [-0.05, 0) is 45.7 Å². The lowest BCUT2D eigenvalue weighted by atomic mass is 10.1. The number of piperidine rings is 1. The lowest BCUT2D eigenvalue weighted by molar-refractivity contribution is 0.00738. The largest absolute Gasteiger partial charge is 0.459 e. The van der Waals surface area contributed by atoms with Crippen molar-refractivity contribution in [2.75, 3.05) is 19.7 Å². The summed E-state index contributed by atoms with van der Waals surface area (Å²) in [7, 11) is 0. The van der Waals surface area contributed by atoms with Crippen LogP contribution in [0.5, 0.6) is 0 Å². The van der Waals surface area contributed by atoms with E-state index >= 15 is 0 Å². The second-order valence-electron chi connectivity index (χ2n) is 5.81. The Morgan fingerprint density at radius 3 is 3.00 bits per heavy atom. The number of aryl methyl sites for hydroxylation is 2. The Hall–Kier alpha value is -1.66. The topological polar surface area (TPSA) is 55.6 Å². The van der Waals surface area contributed by atoms with Crippen molar-refractivity contribution in [3.63, 3.8) is 0 Å². The van der Waals surface area contributed by atoms with Crippen LogP contribution in [0.1, 0.15) is 40.9 Å². The molecule has 1 atom stereocenters. The standard InChI is InChI=1S/C17H22N2O3S/c1-4-21-13-6-5-9-19(10-13)17(20)15-12(3)18-16(23-15)14-8-7-11(2)22-14/h7-8,13H,4-6,9-10H2,1-3H3. The van der Waals surface area contributed by atoms with Gasteiger partial charge in [0.2, 0.25) is 0 Å². The summed E-state index contributed by atoms with van der Waals surface area (Å²) >= 11 is 1.41. The number of aromatic nitrogens is 1. The molecule has 2 aromatic rings. The molecule has 1 unspecified atom stereocenters. The van der Waals surface area contributed by atoms with Crippen LogP contribution < -0.4 is 0 Å². The summed E-state index contributed by atoms with van der Waals surface area (Å²) in [5.41, 5.74) is 0.766. The lowest BCUT2D eigenvalue weighted by Gasteiger charge is -2.32. The van der Waals surface area contributed by atoms with Crippen molar-refractivity contribution < 1.29 is 13.9 Å². The van der Waals surface area contributed by atoms with Crippen molar-refractivity contribution in [3.05, 3.63) is 28.5 Å². The highest BCUT2D eigenvalue weighted by Crippen LogP contribution is 2.30. The van der Waals surface area contributed by atoms with Gasteiger partial charge < -0.3 is 14.1 Å². The Kier molecular flexibility index (Phi) is 4.82. The maximum Gasteiger partial charge on any atom is 0.265 e. The number of nitrogens with zero attached hydrogens (tertiary/aromatic N) is 2. The molecule has 1 aliphatic heterocycles. The molecule has 0 N–H and O–H groups in total. The molecule has 3 heterocycles. The predicted molar refractivity (Wildman–Crippen MR) is 89.8 cm³/mol. The molecule has 3 rings (SSSR count). The van der Waals surface area contributed by atoms with E-state index in [4.69, 9.17) is 9.15 Å². The fraction of sp³-hybridized carbons (Fsp3) is 0.529. The monoisotopic (exact) mass is 334 g/mol. The van der Waals surface area contributed by atoms with E-state index in [1.165, 1.54) is 11.3 Å². The van der Waals surface area contributed by atoms with Gasteiger partial charge in [0.25, 0.3) is 5.91 Å². The molecule has 0 saturated carbocycles. The second kappa shape index (κ2) is 6.84. The summed E-state index contributed by atoms with van der Waals surface area (Å²) in [4.78, 5) is 19.9. The minimum atomic E-state index is 0.0546. The van der Waals surface area contributed by atoms with Crippen molar-refractivity contribution in [1.82, 2.24) is 9.88 Å². The predicted octanol–water partition coefficient (Wildman–Crippen LogP) is 3.66. The van der Waals surface area contributed by atoms with Crippen LogP contribution in [0, 0.1) is 13.8 Å². The number of furan rings is 1. The highest BCUT2D eigenvalue weighted by molar-refractivity contribution is 7.17.